The summed E-state index contributed by atoms with van der Waals surface area (Å²) >= 11 is 1.30. The first kappa shape index (κ1) is 21.9. The lowest BCUT2D eigenvalue weighted by molar-refractivity contribution is 0.498. The average Bonchev–Trinajstić information content (AvgIpc) is 2.74. The summed E-state index contributed by atoms with van der Waals surface area (Å²) in [5, 5.41) is 0.954. The molecule has 0 aliphatic rings. The van der Waals surface area contributed by atoms with E-state index in [1.807, 2.05) is 26.8 Å². The molecule has 0 bridgehead atoms. The molecule has 166 valence electrons. The summed E-state index contributed by atoms with van der Waals surface area (Å²) in [6, 6.07) is 7.13. The normalized spacial score (nSPS) is 12.7. The van der Waals surface area contributed by atoms with E-state index in [9.17, 15) is 14.4 Å². The van der Waals surface area contributed by atoms with Crippen LogP contribution >= 0.6 is 11.8 Å². The Labute approximate surface area is 187 Å². The number of benzene rings is 1. The van der Waals surface area contributed by atoms with Crippen LogP contribution in [0.4, 0.5) is 0 Å². The second-order valence-corrected chi connectivity index (χ2v) is 9.48. The zero-order chi connectivity index (χ0) is 23.2. The minimum atomic E-state index is -0.445. The summed E-state index contributed by atoms with van der Waals surface area (Å²) in [6.45, 7) is 8.04. The first-order valence-electron chi connectivity index (χ1n) is 10.3. The van der Waals surface area contributed by atoms with Crippen LogP contribution in [0.2, 0.25) is 0 Å². The second-order valence-electron chi connectivity index (χ2n) is 8.15. The molecule has 0 spiro atoms. The molecule has 0 aliphatic carbocycles. The number of nitrogens with zero attached hydrogens (tertiary/aromatic N) is 5. The Morgan fingerprint density at radius 3 is 2.50 bits per heavy atom. The SMILES string of the molecule is Cc1nc(SC(C)c2nc3ccccc3c(=O)[nH]2)c2c(=O)n(C)c(=O)n(CC(C)C)c2n1. The lowest BCUT2D eigenvalue weighted by Crippen LogP contribution is -2.39. The molecule has 3 aromatic heterocycles. The fourth-order valence-electron chi connectivity index (χ4n) is 3.58. The number of fused-ring (bicyclic) bond motifs is 2. The summed E-state index contributed by atoms with van der Waals surface area (Å²) in [7, 11) is 1.46. The summed E-state index contributed by atoms with van der Waals surface area (Å²) in [4.78, 5) is 54.7. The van der Waals surface area contributed by atoms with Crippen LogP contribution in [0, 0.1) is 12.8 Å². The summed E-state index contributed by atoms with van der Waals surface area (Å²) in [5.41, 5.74) is -0.139. The maximum Gasteiger partial charge on any atom is 0.332 e. The number of thioether (sulfide) groups is 1. The van der Waals surface area contributed by atoms with Gasteiger partial charge < -0.3 is 4.98 Å². The molecule has 0 aliphatic heterocycles. The van der Waals surface area contributed by atoms with Crippen LogP contribution in [-0.4, -0.2) is 29.1 Å². The molecular weight excluding hydrogens is 428 g/mol. The zero-order valence-corrected chi connectivity index (χ0v) is 19.4. The van der Waals surface area contributed by atoms with E-state index < -0.39 is 11.2 Å². The van der Waals surface area contributed by atoms with Gasteiger partial charge in [0.15, 0.2) is 5.65 Å². The van der Waals surface area contributed by atoms with E-state index in [1.54, 1.807) is 25.1 Å². The van der Waals surface area contributed by atoms with Crippen molar-refractivity contribution in [1.29, 1.82) is 0 Å². The lowest BCUT2D eigenvalue weighted by atomic mass is 10.2. The number of hydrogen-bond donors (Lipinski definition) is 1. The predicted octanol–water partition coefficient (Wildman–Crippen LogP) is 2.54. The highest BCUT2D eigenvalue weighted by Gasteiger charge is 2.21. The highest BCUT2D eigenvalue weighted by atomic mass is 32.2. The third kappa shape index (κ3) is 3.86. The van der Waals surface area contributed by atoms with Gasteiger partial charge in [-0.05, 0) is 31.9 Å². The minimum absolute atomic E-state index is 0.186. The number of rotatable bonds is 5. The van der Waals surface area contributed by atoms with Crippen LogP contribution in [0.1, 0.15) is 37.7 Å². The van der Waals surface area contributed by atoms with Crippen molar-refractivity contribution < 1.29 is 0 Å². The van der Waals surface area contributed by atoms with E-state index in [0.29, 0.717) is 45.2 Å². The van der Waals surface area contributed by atoms with Crippen molar-refractivity contribution in [2.75, 3.05) is 0 Å². The quantitative estimate of drug-likeness (QED) is 0.365. The number of aromatic amines is 1. The second kappa shape index (κ2) is 8.34. The van der Waals surface area contributed by atoms with Gasteiger partial charge in [0.2, 0.25) is 0 Å². The molecule has 9 nitrogen and oxygen atoms in total. The van der Waals surface area contributed by atoms with E-state index in [4.69, 9.17) is 0 Å². The maximum atomic E-state index is 13.0. The van der Waals surface area contributed by atoms with Gasteiger partial charge in [-0.2, -0.15) is 0 Å². The molecule has 0 saturated carbocycles. The Kier molecular flexibility index (Phi) is 5.72. The van der Waals surface area contributed by atoms with Gasteiger partial charge in [0.1, 0.15) is 22.1 Å². The molecule has 1 unspecified atom stereocenters. The number of hydrogen-bond acceptors (Lipinski definition) is 7. The fraction of sp³-hybridized carbons (Fsp3) is 0.364. The Bertz CT molecular complexity index is 1520. The molecule has 1 atom stereocenters. The Morgan fingerprint density at radius 2 is 1.78 bits per heavy atom. The fourth-order valence-corrected chi connectivity index (χ4v) is 4.62. The smallest absolute Gasteiger partial charge is 0.309 e. The largest absolute Gasteiger partial charge is 0.332 e. The van der Waals surface area contributed by atoms with Crippen molar-refractivity contribution in [3.05, 3.63) is 67.1 Å². The highest BCUT2D eigenvalue weighted by Crippen LogP contribution is 2.34. The first-order valence-corrected chi connectivity index (χ1v) is 11.2. The molecular formula is C22H24N6O3S. The van der Waals surface area contributed by atoms with E-state index >= 15 is 0 Å². The Morgan fingerprint density at radius 1 is 1.06 bits per heavy atom. The molecule has 10 heteroatoms. The topological polar surface area (TPSA) is 116 Å². The van der Waals surface area contributed by atoms with Gasteiger partial charge in [-0.15, -0.1) is 0 Å². The standard InChI is InChI=1S/C22H24N6O3S/c1-11(2)10-28-18-16(21(30)27(5)22(28)31)20(24-13(4)23-18)32-12(3)17-25-15-9-7-6-8-14(15)19(29)26-17/h6-9,11-12H,10H2,1-5H3,(H,25,26,29). The number of aryl methyl sites for hydroxylation is 1. The molecule has 0 fully saturated rings. The third-order valence-electron chi connectivity index (χ3n) is 5.11. The van der Waals surface area contributed by atoms with Gasteiger partial charge in [0.05, 0.1) is 16.2 Å². The van der Waals surface area contributed by atoms with Crippen molar-refractivity contribution in [3.8, 4) is 0 Å². The molecule has 0 saturated heterocycles. The van der Waals surface area contributed by atoms with Crippen molar-refractivity contribution in [2.45, 2.75) is 44.5 Å². The average molecular weight is 453 g/mol. The van der Waals surface area contributed by atoms with E-state index in [1.165, 1.54) is 23.4 Å². The van der Waals surface area contributed by atoms with Gasteiger partial charge in [-0.3, -0.25) is 18.7 Å². The third-order valence-corrected chi connectivity index (χ3v) is 6.21. The Balaban J connectivity index is 1.88. The van der Waals surface area contributed by atoms with Crippen molar-refractivity contribution in [1.82, 2.24) is 29.1 Å². The molecule has 1 aromatic carbocycles. The minimum Gasteiger partial charge on any atom is -0.309 e. The van der Waals surface area contributed by atoms with E-state index in [-0.39, 0.29) is 16.7 Å². The zero-order valence-electron chi connectivity index (χ0n) is 18.5. The van der Waals surface area contributed by atoms with Crippen molar-refractivity contribution in [3.63, 3.8) is 0 Å². The molecule has 32 heavy (non-hydrogen) atoms. The molecule has 0 amide bonds. The number of H-pyrrole nitrogens is 1. The van der Waals surface area contributed by atoms with Crippen LogP contribution in [0.15, 0.2) is 43.7 Å². The number of nitrogens with one attached hydrogen (secondary N) is 1. The molecule has 0 radical (unpaired) electrons. The van der Waals surface area contributed by atoms with Gasteiger partial charge in [-0.25, -0.2) is 19.7 Å². The monoisotopic (exact) mass is 452 g/mol. The first-order chi connectivity index (χ1) is 15.2. The summed E-state index contributed by atoms with van der Waals surface area (Å²) in [6.07, 6.45) is 0. The van der Waals surface area contributed by atoms with Crippen LogP contribution in [-0.2, 0) is 13.6 Å². The highest BCUT2D eigenvalue weighted by molar-refractivity contribution is 7.99. The van der Waals surface area contributed by atoms with Crippen LogP contribution in [0.3, 0.4) is 0 Å². The van der Waals surface area contributed by atoms with Gasteiger partial charge in [-0.1, -0.05) is 37.7 Å². The van der Waals surface area contributed by atoms with Gasteiger partial charge in [0, 0.05) is 13.6 Å². The molecule has 4 aromatic rings. The van der Waals surface area contributed by atoms with Crippen LogP contribution in [0.5, 0.6) is 0 Å². The molecule has 3 heterocycles. The number of para-hydroxylation sites is 1. The predicted molar refractivity (Wildman–Crippen MR) is 125 cm³/mol. The van der Waals surface area contributed by atoms with Crippen LogP contribution < -0.4 is 16.8 Å². The van der Waals surface area contributed by atoms with E-state index in [0.717, 1.165) is 4.57 Å². The maximum absolute atomic E-state index is 13.0. The van der Waals surface area contributed by atoms with Gasteiger partial charge in [0.25, 0.3) is 11.1 Å². The molecule has 1 N–H and O–H groups in total. The lowest BCUT2D eigenvalue weighted by Gasteiger charge is -2.16. The van der Waals surface area contributed by atoms with Crippen molar-refractivity contribution >= 4 is 33.7 Å². The van der Waals surface area contributed by atoms with Crippen molar-refractivity contribution in [2.24, 2.45) is 13.0 Å². The van der Waals surface area contributed by atoms with Crippen LogP contribution in [0.25, 0.3) is 21.9 Å². The van der Waals surface area contributed by atoms with Gasteiger partial charge >= 0.3 is 5.69 Å². The summed E-state index contributed by atoms with van der Waals surface area (Å²) < 4.78 is 2.62. The van der Waals surface area contributed by atoms with E-state index in [2.05, 4.69) is 19.9 Å². The number of aromatic nitrogens is 6. The Hall–Kier alpha value is -3.27. The molecule has 4 rings (SSSR count). The summed E-state index contributed by atoms with van der Waals surface area (Å²) in [5.74, 6) is 1.12.